The summed E-state index contributed by atoms with van der Waals surface area (Å²) in [5, 5.41) is 17.8. The Balaban J connectivity index is 2.36. The minimum Gasteiger partial charge on any atom is -0.384 e. The highest BCUT2D eigenvalue weighted by Gasteiger charge is 2.18. The topological polar surface area (TPSA) is 78.9 Å². The number of hydrogen-bond donors (Lipinski definition) is 2. The number of anilines is 1. The summed E-state index contributed by atoms with van der Waals surface area (Å²) in [7, 11) is 0. The summed E-state index contributed by atoms with van der Waals surface area (Å²) in [6, 6.07) is 6.09. The highest BCUT2D eigenvalue weighted by Crippen LogP contribution is 2.22. The SMILES string of the molecule is CC(C)N(Cc1cccs1)c1nnccc1C(=N)N. The van der Waals surface area contributed by atoms with E-state index in [9.17, 15) is 0 Å². The van der Waals surface area contributed by atoms with Crippen molar-refractivity contribution < 1.29 is 0 Å². The van der Waals surface area contributed by atoms with E-state index in [1.54, 1.807) is 23.6 Å². The Morgan fingerprint density at radius 3 is 2.84 bits per heavy atom. The predicted octanol–water partition coefficient (Wildman–Crippen LogP) is 2.24. The standard InChI is InChI=1S/C13H17N5S/c1-9(2)18(8-10-4-3-7-19-10)13-11(12(14)15)5-6-16-17-13/h3-7,9H,8H2,1-2H3,(H3,14,15). The number of rotatable bonds is 5. The van der Waals surface area contributed by atoms with Crippen molar-refractivity contribution in [3.8, 4) is 0 Å². The van der Waals surface area contributed by atoms with Crippen LogP contribution in [0.4, 0.5) is 5.82 Å². The molecule has 100 valence electrons. The van der Waals surface area contributed by atoms with E-state index in [4.69, 9.17) is 11.1 Å². The van der Waals surface area contributed by atoms with E-state index in [2.05, 4.69) is 40.4 Å². The molecule has 2 aromatic rings. The fraction of sp³-hybridized carbons (Fsp3) is 0.308. The molecule has 0 saturated heterocycles. The molecule has 0 aliphatic carbocycles. The molecule has 0 fully saturated rings. The van der Waals surface area contributed by atoms with Crippen molar-refractivity contribution in [2.75, 3.05) is 4.90 Å². The van der Waals surface area contributed by atoms with Crippen LogP contribution in [-0.2, 0) is 6.54 Å². The Morgan fingerprint density at radius 2 is 2.26 bits per heavy atom. The van der Waals surface area contributed by atoms with Crippen molar-refractivity contribution in [1.29, 1.82) is 5.41 Å². The zero-order chi connectivity index (χ0) is 13.8. The average Bonchev–Trinajstić information content (AvgIpc) is 2.88. The molecule has 0 amide bonds. The lowest BCUT2D eigenvalue weighted by molar-refractivity contribution is 0.669. The molecule has 2 rings (SSSR count). The Bertz CT molecular complexity index is 550. The lowest BCUT2D eigenvalue weighted by Gasteiger charge is -2.28. The van der Waals surface area contributed by atoms with Crippen LogP contribution in [0.1, 0.15) is 24.3 Å². The van der Waals surface area contributed by atoms with Crippen molar-refractivity contribution in [1.82, 2.24) is 10.2 Å². The first-order valence-electron chi connectivity index (χ1n) is 6.04. The second kappa shape index (κ2) is 5.79. The molecule has 0 saturated carbocycles. The third kappa shape index (κ3) is 3.08. The minimum absolute atomic E-state index is 0.0155. The van der Waals surface area contributed by atoms with Gasteiger partial charge in [0.1, 0.15) is 5.84 Å². The molecule has 0 aliphatic heterocycles. The summed E-state index contributed by atoms with van der Waals surface area (Å²) in [6.07, 6.45) is 1.56. The van der Waals surface area contributed by atoms with Gasteiger partial charge in [0.25, 0.3) is 0 Å². The van der Waals surface area contributed by atoms with Gasteiger partial charge >= 0.3 is 0 Å². The van der Waals surface area contributed by atoms with Crippen molar-refractivity contribution >= 4 is 23.0 Å². The summed E-state index contributed by atoms with van der Waals surface area (Å²) in [6.45, 7) is 4.92. The monoisotopic (exact) mass is 275 g/mol. The molecule has 6 heteroatoms. The van der Waals surface area contributed by atoms with Gasteiger partial charge in [-0.25, -0.2) is 0 Å². The van der Waals surface area contributed by atoms with Crippen LogP contribution in [0.2, 0.25) is 0 Å². The van der Waals surface area contributed by atoms with Gasteiger partial charge in [0.2, 0.25) is 0 Å². The molecule has 0 bridgehead atoms. The Kier molecular flexibility index (Phi) is 4.11. The fourth-order valence-corrected chi connectivity index (χ4v) is 2.52. The van der Waals surface area contributed by atoms with Crippen LogP contribution in [-0.4, -0.2) is 22.1 Å². The third-order valence-corrected chi connectivity index (χ3v) is 3.65. The molecule has 3 N–H and O–H groups in total. The van der Waals surface area contributed by atoms with Crippen LogP contribution < -0.4 is 10.6 Å². The maximum Gasteiger partial charge on any atom is 0.162 e. The number of amidine groups is 1. The first-order valence-corrected chi connectivity index (χ1v) is 6.92. The Hall–Kier alpha value is -1.95. The van der Waals surface area contributed by atoms with Crippen molar-refractivity contribution in [3.63, 3.8) is 0 Å². The van der Waals surface area contributed by atoms with Gasteiger partial charge in [0, 0.05) is 10.9 Å². The number of hydrogen-bond acceptors (Lipinski definition) is 5. The Morgan fingerprint density at radius 1 is 1.47 bits per heavy atom. The first-order chi connectivity index (χ1) is 9.09. The molecule has 5 nitrogen and oxygen atoms in total. The van der Waals surface area contributed by atoms with Crippen molar-refractivity contribution in [2.24, 2.45) is 5.73 Å². The highest BCUT2D eigenvalue weighted by molar-refractivity contribution is 7.09. The van der Waals surface area contributed by atoms with E-state index in [-0.39, 0.29) is 11.9 Å². The molecule has 0 aromatic carbocycles. The second-order valence-corrected chi connectivity index (χ2v) is 5.52. The Labute approximate surface area is 116 Å². The molecule has 0 spiro atoms. The van der Waals surface area contributed by atoms with E-state index in [1.807, 2.05) is 6.07 Å². The van der Waals surface area contributed by atoms with Gasteiger partial charge in [-0.15, -0.1) is 16.4 Å². The van der Waals surface area contributed by atoms with Gasteiger partial charge in [-0.05, 0) is 31.4 Å². The van der Waals surface area contributed by atoms with Crippen LogP contribution in [0, 0.1) is 5.41 Å². The third-order valence-electron chi connectivity index (χ3n) is 2.79. The lowest BCUT2D eigenvalue weighted by atomic mass is 10.2. The summed E-state index contributed by atoms with van der Waals surface area (Å²) in [5.74, 6) is 0.681. The molecular weight excluding hydrogens is 258 g/mol. The number of nitrogens with two attached hydrogens (primary N) is 1. The average molecular weight is 275 g/mol. The van der Waals surface area contributed by atoms with Crippen LogP contribution in [0.25, 0.3) is 0 Å². The second-order valence-electron chi connectivity index (χ2n) is 4.48. The van der Waals surface area contributed by atoms with Gasteiger partial charge in [0.05, 0.1) is 18.3 Å². The van der Waals surface area contributed by atoms with Gasteiger partial charge < -0.3 is 10.6 Å². The number of nitrogen functional groups attached to an aromatic ring is 1. The number of aromatic nitrogens is 2. The van der Waals surface area contributed by atoms with E-state index in [1.165, 1.54) is 4.88 Å². The number of nitrogens with zero attached hydrogens (tertiary/aromatic N) is 3. The summed E-state index contributed by atoms with van der Waals surface area (Å²) in [4.78, 5) is 3.35. The maximum atomic E-state index is 7.65. The van der Waals surface area contributed by atoms with E-state index in [0.717, 1.165) is 6.54 Å². The van der Waals surface area contributed by atoms with E-state index in [0.29, 0.717) is 11.4 Å². The molecule has 0 radical (unpaired) electrons. The van der Waals surface area contributed by atoms with Gasteiger partial charge in [-0.3, -0.25) is 5.41 Å². The summed E-state index contributed by atoms with van der Waals surface area (Å²) < 4.78 is 0. The quantitative estimate of drug-likeness (QED) is 0.648. The number of thiophene rings is 1. The first kappa shape index (κ1) is 13.5. The number of nitrogens with one attached hydrogen (secondary N) is 1. The zero-order valence-electron chi connectivity index (χ0n) is 11.0. The van der Waals surface area contributed by atoms with Crippen LogP contribution in [0.15, 0.2) is 29.8 Å². The molecule has 0 atom stereocenters. The van der Waals surface area contributed by atoms with Gasteiger partial charge in [-0.1, -0.05) is 6.07 Å². The lowest BCUT2D eigenvalue weighted by Crippen LogP contribution is -2.33. The van der Waals surface area contributed by atoms with Crippen molar-refractivity contribution in [2.45, 2.75) is 26.4 Å². The maximum absolute atomic E-state index is 7.65. The van der Waals surface area contributed by atoms with Crippen LogP contribution >= 0.6 is 11.3 Å². The predicted molar refractivity (Wildman–Crippen MR) is 78.7 cm³/mol. The molecule has 0 aliphatic rings. The van der Waals surface area contributed by atoms with Crippen molar-refractivity contribution in [3.05, 3.63) is 40.2 Å². The normalized spacial score (nSPS) is 10.7. The largest absolute Gasteiger partial charge is 0.384 e. The summed E-state index contributed by atoms with van der Waals surface area (Å²) >= 11 is 1.70. The van der Waals surface area contributed by atoms with E-state index < -0.39 is 0 Å². The smallest absolute Gasteiger partial charge is 0.162 e. The van der Waals surface area contributed by atoms with Crippen LogP contribution in [0.5, 0.6) is 0 Å². The molecule has 2 aromatic heterocycles. The van der Waals surface area contributed by atoms with E-state index >= 15 is 0 Å². The van der Waals surface area contributed by atoms with Gasteiger partial charge in [0.15, 0.2) is 5.82 Å². The molecule has 2 heterocycles. The van der Waals surface area contributed by atoms with Crippen LogP contribution in [0.3, 0.4) is 0 Å². The van der Waals surface area contributed by atoms with Gasteiger partial charge in [-0.2, -0.15) is 5.10 Å². The minimum atomic E-state index is 0.0155. The molecule has 0 unspecified atom stereocenters. The summed E-state index contributed by atoms with van der Waals surface area (Å²) in [5.41, 5.74) is 6.24. The molecular formula is C13H17N5S. The zero-order valence-corrected chi connectivity index (χ0v) is 11.8. The fourth-order valence-electron chi connectivity index (χ4n) is 1.82. The molecule has 19 heavy (non-hydrogen) atoms. The highest BCUT2D eigenvalue weighted by atomic mass is 32.1.